The second-order valence-electron chi connectivity index (χ2n) is 4.20. The summed E-state index contributed by atoms with van der Waals surface area (Å²) in [6.07, 6.45) is 0.618. The lowest BCUT2D eigenvalue weighted by molar-refractivity contribution is -0.131. The third-order valence-electron chi connectivity index (χ3n) is 2.72. The van der Waals surface area contributed by atoms with E-state index in [1.54, 1.807) is 24.1 Å². The van der Waals surface area contributed by atoms with Crippen LogP contribution in [0.15, 0.2) is 24.3 Å². The van der Waals surface area contributed by atoms with Crippen molar-refractivity contribution < 1.29 is 9.53 Å². The van der Waals surface area contributed by atoms with Gasteiger partial charge in [0.15, 0.2) is 0 Å². The molecule has 1 rings (SSSR count). The van der Waals surface area contributed by atoms with E-state index in [0.717, 1.165) is 5.56 Å². The first kappa shape index (κ1) is 15.0. The number of carbonyl (C=O) groups excluding carboxylic acids is 1. The molecular formula is C14H19N3O2. The minimum absolute atomic E-state index is 0.0158. The second-order valence-corrected chi connectivity index (χ2v) is 4.20. The molecule has 1 amide bonds. The van der Waals surface area contributed by atoms with Crippen LogP contribution < -0.4 is 5.73 Å². The number of ether oxygens (including phenoxy) is 1. The van der Waals surface area contributed by atoms with Gasteiger partial charge in [-0.15, -0.1) is 0 Å². The molecule has 1 aromatic carbocycles. The summed E-state index contributed by atoms with van der Waals surface area (Å²) in [6.45, 7) is 1.40. The summed E-state index contributed by atoms with van der Waals surface area (Å²) >= 11 is 0. The number of nitrogens with two attached hydrogens (primary N) is 1. The quantitative estimate of drug-likeness (QED) is 0.748. The minimum Gasteiger partial charge on any atom is -0.399 e. The van der Waals surface area contributed by atoms with E-state index in [2.05, 4.69) is 0 Å². The van der Waals surface area contributed by atoms with Crippen LogP contribution in [0.1, 0.15) is 12.0 Å². The molecule has 19 heavy (non-hydrogen) atoms. The molecule has 5 heteroatoms. The highest BCUT2D eigenvalue weighted by Gasteiger charge is 2.13. The van der Waals surface area contributed by atoms with E-state index >= 15 is 0 Å². The molecule has 0 unspecified atom stereocenters. The van der Waals surface area contributed by atoms with Crippen molar-refractivity contribution >= 4 is 11.6 Å². The fourth-order valence-corrected chi connectivity index (χ4v) is 1.74. The van der Waals surface area contributed by atoms with Crippen LogP contribution in [-0.2, 0) is 16.0 Å². The Hall–Kier alpha value is -2.06. The Balaban J connectivity index is 2.62. The summed E-state index contributed by atoms with van der Waals surface area (Å²) in [7, 11) is 1.59. The molecule has 0 radical (unpaired) electrons. The maximum Gasteiger partial charge on any atom is 0.227 e. The van der Waals surface area contributed by atoms with Gasteiger partial charge in [-0.1, -0.05) is 12.1 Å². The molecule has 0 fully saturated rings. The first-order chi connectivity index (χ1) is 9.17. The van der Waals surface area contributed by atoms with Crippen LogP contribution >= 0.6 is 0 Å². The SMILES string of the molecule is COCCN(CCC#N)C(=O)Cc1cccc(N)c1. The van der Waals surface area contributed by atoms with Gasteiger partial charge in [0.05, 0.1) is 25.5 Å². The van der Waals surface area contributed by atoms with Crippen LogP contribution in [0, 0.1) is 11.3 Å². The molecule has 0 saturated heterocycles. The molecule has 0 aliphatic rings. The van der Waals surface area contributed by atoms with Crippen LogP contribution in [0.25, 0.3) is 0 Å². The minimum atomic E-state index is -0.0158. The fourth-order valence-electron chi connectivity index (χ4n) is 1.74. The number of benzene rings is 1. The maximum atomic E-state index is 12.2. The van der Waals surface area contributed by atoms with Crippen molar-refractivity contribution in [3.63, 3.8) is 0 Å². The average Bonchev–Trinajstić information content (AvgIpc) is 2.38. The zero-order chi connectivity index (χ0) is 14.1. The Bertz CT molecular complexity index is 454. The molecule has 0 heterocycles. The molecule has 0 aliphatic heterocycles. The smallest absolute Gasteiger partial charge is 0.227 e. The molecule has 0 aromatic heterocycles. The largest absolute Gasteiger partial charge is 0.399 e. The summed E-state index contributed by atoms with van der Waals surface area (Å²) in [5, 5.41) is 8.61. The van der Waals surface area contributed by atoms with Crippen molar-refractivity contribution in [3.05, 3.63) is 29.8 Å². The molecule has 0 atom stereocenters. The first-order valence-corrected chi connectivity index (χ1v) is 6.15. The number of carbonyl (C=O) groups is 1. The van der Waals surface area contributed by atoms with E-state index in [1.165, 1.54) is 0 Å². The highest BCUT2D eigenvalue weighted by atomic mass is 16.5. The number of hydrogen-bond acceptors (Lipinski definition) is 4. The number of methoxy groups -OCH3 is 1. The van der Waals surface area contributed by atoms with Gasteiger partial charge in [-0.05, 0) is 17.7 Å². The van der Waals surface area contributed by atoms with Crippen LogP contribution in [0.2, 0.25) is 0 Å². The fraction of sp³-hybridized carbons (Fsp3) is 0.429. The molecule has 0 saturated carbocycles. The number of nitrogen functional groups attached to an aromatic ring is 1. The second kappa shape index (κ2) is 8.11. The summed E-state index contributed by atoms with van der Waals surface area (Å²) < 4.78 is 4.97. The number of nitrogens with zero attached hydrogens (tertiary/aromatic N) is 2. The number of amides is 1. The van der Waals surface area contributed by atoms with E-state index < -0.39 is 0 Å². The first-order valence-electron chi connectivity index (χ1n) is 6.15. The van der Waals surface area contributed by atoms with Crippen molar-refractivity contribution in [2.24, 2.45) is 0 Å². The number of anilines is 1. The Kier molecular flexibility index (Phi) is 6.41. The van der Waals surface area contributed by atoms with Crippen molar-refractivity contribution in [1.29, 1.82) is 5.26 Å². The Morgan fingerprint density at radius 1 is 1.47 bits per heavy atom. The van der Waals surface area contributed by atoms with Gasteiger partial charge in [-0.25, -0.2) is 0 Å². The average molecular weight is 261 g/mol. The lowest BCUT2D eigenvalue weighted by atomic mass is 10.1. The Morgan fingerprint density at radius 2 is 2.26 bits per heavy atom. The van der Waals surface area contributed by atoms with Gasteiger partial charge >= 0.3 is 0 Å². The van der Waals surface area contributed by atoms with Crippen molar-refractivity contribution in [1.82, 2.24) is 4.90 Å². The van der Waals surface area contributed by atoms with Crippen molar-refractivity contribution in [2.75, 3.05) is 32.5 Å². The van der Waals surface area contributed by atoms with Gasteiger partial charge in [-0.2, -0.15) is 5.26 Å². The van der Waals surface area contributed by atoms with Crippen LogP contribution in [0.5, 0.6) is 0 Å². The predicted octanol–water partition coefficient (Wildman–Crippen LogP) is 1.20. The summed E-state index contributed by atoms with van der Waals surface area (Å²) in [6, 6.07) is 9.31. The predicted molar refractivity (Wildman–Crippen MR) is 73.2 cm³/mol. The zero-order valence-electron chi connectivity index (χ0n) is 11.1. The number of hydrogen-bond donors (Lipinski definition) is 1. The number of nitriles is 1. The van der Waals surface area contributed by atoms with E-state index in [0.29, 0.717) is 38.2 Å². The normalized spacial score (nSPS) is 9.89. The molecule has 102 valence electrons. The standard InChI is InChI=1S/C14H19N3O2/c1-19-9-8-17(7-3-6-15)14(18)11-12-4-2-5-13(16)10-12/h2,4-5,10H,3,7-9,11,16H2,1H3. The van der Waals surface area contributed by atoms with E-state index in [9.17, 15) is 4.79 Å². The van der Waals surface area contributed by atoms with Gasteiger partial charge in [-0.3, -0.25) is 4.79 Å². The van der Waals surface area contributed by atoms with Gasteiger partial charge in [0.1, 0.15) is 0 Å². The summed E-state index contributed by atoms with van der Waals surface area (Å²) in [4.78, 5) is 13.8. The highest BCUT2D eigenvalue weighted by molar-refractivity contribution is 5.79. The van der Waals surface area contributed by atoms with Crippen molar-refractivity contribution in [3.8, 4) is 6.07 Å². The monoisotopic (exact) mass is 261 g/mol. The van der Waals surface area contributed by atoms with E-state index in [1.807, 2.05) is 18.2 Å². The van der Waals surface area contributed by atoms with E-state index in [4.69, 9.17) is 15.7 Å². The van der Waals surface area contributed by atoms with Gasteiger partial charge in [0.25, 0.3) is 0 Å². The molecule has 0 spiro atoms. The third-order valence-corrected chi connectivity index (χ3v) is 2.72. The molecule has 0 bridgehead atoms. The highest BCUT2D eigenvalue weighted by Crippen LogP contribution is 2.09. The molecule has 0 aliphatic carbocycles. The summed E-state index contributed by atoms with van der Waals surface area (Å²) in [5.74, 6) is -0.0158. The third kappa shape index (κ3) is 5.40. The molecule has 2 N–H and O–H groups in total. The van der Waals surface area contributed by atoms with Gasteiger partial charge in [0.2, 0.25) is 5.91 Å². The van der Waals surface area contributed by atoms with Gasteiger partial charge < -0.3 is 15.4 Å². The van der Waals surface area contributed by atoms with Crippen LogP contribution in [0.4, 0.5) is 5.69 Å². The topological polar surface area (TPSA) is 79.3 Å². The molecular weight excluding hydrogens is 242 g/mol. The maximum absolute atomic E-state index is 12.2. The summed E-state index contributed by atoms with van der Waals surface area (Å²) in [5.41, 5.74) is 7.21. The van der Waals surface area contributed by atoms with E-state index in [-0.39, 0.29) is 5.91 Å². The Morgan fingerprint density at radius 3 is 2.89 bits per heavy atom. The Labute approximate surface area is 113 Å². The molecule has 5 nitrogen and oxygen atoms in total. The van der Waals surface area contributed by atoms with Crippen molar-refractivity contribution in [2.45, 2.75) is 12.8 Å². The number of rotatable bonds is 7. The lowest BCUT2D eigenvalue weighted by Gasteiger charge is -2.21. The van der Waals surface area contributed by atoms with Crippen LogP contribution in [-0.4, -0.2) is 37.6 Å². The van der Waals surface area contributed by atoms with Crippen LogP contribution in [0.3, 0.4) is 0 Å². The lowest BCUT2D eigenvalue weighted by Crippen LogP contribution is -2.35. The van der Waals surface area contributed by atoms with Gasteiger partial charge in [0, 0.05) is 25.9 Å². The molecule has 1 aromatic rings. The zero-order valence-corrected chi connectivity index (χ0v) is 11.1.